The second kappa shape index (κ2) is 11.3. The lowest BCUT2D eigenvalue weighted by molar-refractivity contribution is 0.00154. The summed E-state index contributed by atoms with van der Waals surface area (Å²) in [5, 5.41) is 16.9. The number of aromatic nitrogens is 1. The summed E-state index contributed by atoms with van der Waals surface area (Å²) in [7, 11) is 6.02. The van der Waals surface area contributed by atoms with Crippen LogP contribution in [0.25, 0.3) is 10.9 Å². The molecule has 0 aliphatic rings. The average molecular weight is 533 g/mol. The summed E-state index contributed by atoms with van der Waals surface area (Å²) in [4.78, 5) is 7.10. The third-order valence-electron chi connectivity index (χ3n) is 6.71. The van der Waals surface area contributed by atoms with Gasteiger partial charge in [0.1, 0.15) is 5.82 Å². The number of hydrogen-bond donors (Lipinski definition) is 2. The van der Waals surface area contributed by atoms with E-state index >= 15 is 0 Å². The van der Waals surface area contributed by atoms with Gasteiger partial charge in [-0.2, -0.15) is 0 Å². The van der Waals surface area contributed by atoms with Gasteiger partial charge in [0.15, 0.2) is 0 Å². The van der Waals surface area contributed by atoms with E-state index in [9.17, 15) is 5.11 Å². The maximum atomic E-state index is 12.5. The van der Waals surface area contributed by atoms with Gasteiger partial charge in [0.05, 0.1) is 11.1 Å². The number of benzene rings is 3. The minimum Gasteiger partial charge on any atom is -0.389 e. The Morgan fingerprint density at radius 1 is 0.943 bits per heavy atom. The van der Waals surface area contributed by atoms with Crippen LogP contribution in [0.1, 0.15) is 35.4 Å². The third-order valence-corrected chi connectivity index (χ3v) is 7.20. The molecular formula is C30H34BrN3O. The monoisotopic (exact) mass is 531 g/mol. The van der Waals surface area contributed by atoms with Gasteiger partial charge in [-0.1, -0.05) is 76.6 Å². The molecule has 4 aromatic rings. The summed E-state index contributed by atoms with van der Waals surface area (Å²) in [5.41, 5.74) is 3.29. The molecule has 0 saturated heterocycles. The Morgan fingerprint density at radius 3 is 2.29 bits per heavy atom. The highest BCUT2D eigenvalue weighted by Crippen LogP contribution is 2.43. The van der Waals surface area contributed by atoms with E-state index < -0.39 is 5.60 Å². The lowest BCUT2D eigenvalue weighted by Crippen LogP contribution is -2.40. The van der Waals surface area contributed by atoms with Gasteiger partial charge >= 0.3 is 0 Å². The van der Waals surface area contributed by atoms with Crippen molar-refractivity contribution >= 4 is 32.7 Å². The predicted octanol–water partition coefficient (Wildman–Crippen LogP) is 6.49. The SMILES string of the molecule is CNc1nc2ccc(Br)cc2cc1C(c1ccccc1)C(O)(CCc1ccccc1)CCN(C)C. The fourth-order valence-corrected chi connectivity index (χ4v) is 5.22. The van der Waals surface area contributed by atoms with Crippen LogP contribution < -0.4 is 5.32 Å². The first kappa shape index (κ1) is 25.4. The summed E-state index contributed by atoms with van der Waals surface area (Å²) < 4.78 is 1.01. The van der Waals surface area contributed by atoms with Crippen LogP contribution in [0.3, 0.4) is 0 Å². The van der Waals surface area contributed by atoms with Crippen molar-refractivity contribution in [1.29, 1.82) is 0 Å². The van der Waals surface area contributed by atoms with Gasteiger partial charge < -0.3 is 15.3 Å². The van der Waals surface area contributed by atoms with Crippen LogP contribution in [0.5, 0.6) is 0 Å². The molecule has 0 fully saturated rings. The minimum atomic E-state index is -0.978. The van der Waals surface area contributed by atoms with Gasteiger partial charge in [-0.15, -0.1) is 0 Å². The zero-order chi connectivity index (χ0) is 24.8. The molecule has 2 N–H and O–H groups in total. The number of nitrogens with zero attached hydrogens (tertiary/aromatic N) is 2. The van der Waals surface area contributed by atoms with Crippen molar-refractivity contribution in [1.82, 2.24) is 9.88 Å². The van der Waals surface area contributed by atoms with Crippen molar-refractivity contribution in [3.8, 4) is 0 Å². The van der Waals surface area contributed by atoms with Gasteiger partial charge in [0.2, 0.25) is 0 Å². The van der Waals surface area contributed by atoms with Crippen LogP contribution in [0.15, 0.2) is 89.4 Å². The van der Waals surface area contributed by atoms with Crippen molar-refractivity contribution in [2.45, 2.75) is 30.8 Å². The van der Waals surface area contributed by atoms with Gasteiger partial charge in [-0.05, 0) is 68.8 Å². The van der Waals surface area contributed by atoms with Crippen molar-refractivity contribution in [3.05, 3.63) is 106 Å². The molecule has 4 rings (SSSR count). The summed E-state index contributed by atoms with van der Waals surface area (Å²) in [6, 6.07) is 29.1. The number of halogens is 1. The molecule has 35 heavy (non-hydrogen) atoms. The highest BCUT2D eigenvalue weighted by Gasteiger charge is 2.40. The summed E-state index contributed by atoms with van der Waals surface area (Å²) in [6.07, 6.45) is 2.09. The highest BCUT2D eigenvalue weighted by molar-refractivity contribution is 9.10. The topological polar surface area (TPSA) is 48.4 Å². The van der Waals surface area contributed by atoms with Gasteiger partial charge in [-0.3, -0.25) is 0 Å². The fourth-order valence-electron chi connectivity index (χ4n) is 4.85. The molecule has 1 aromatic heterocycles. The van der Waals surface area contributed by atoms with Gasteiger partial charge in [-0.25, -0.2) is 4.98 Å². The number of fused-ring (bicyclic) bond motifs is 1. The average Bonchev–Trinajstić information content (AvgIpc) is 2.87. The molecule has 182 valence electrons. The molecule has 3 aromatic carbocycles. The highest BCUT2D eigenvalue weighted by atomic mass is 79.9. The Hall–Kier alpha value is -2.73. The maximum absolute atomic E-state index is 12.5. The van der Waals surface area contributed by atoms with E-state index in [1.165, 1.54) is 5.56 Å². The van der Waals surface area contributed by atoms with Crippen molar-refractivity contribution in [3.63, 3.8) is 0 Å². The molecule has 0 spiro atoms. The lowest BCUT2D eigenvalue weighted by Gasteiger charge is -2.39. The van der Waals surface area contributed by atoms with E-state index in [2.05, 4.69) is 101 Å². The van der Waals surface area contributed by atoms with Crippen LogP contribution in [0.4, 0.5) is 5.82 Å². The first-order valence-corrected chi connectivity index (χ1v) is 12.9. The molecule has 4 nitrogen and oxygen atoms in total. The van der Waals surface area contributed by atoms with E-state index in [1.807, 2.05) is 31.3 Å². The second-order valence-corrected chi connectivity index (χ2v) is 10.4. The van der Waals surface area contributed by atoms with Crippen LogP contribution in [0, 0.1) is 0 Å². The number of anilines is 1. The molecule has 0 bridgehead atoms. The van der Waals surface area contributed by atoms with E-state index in [4.69, 9.17) is 4.98 Å². The maximum Gasteiger partial charge on any atom is 0.130 e. The Bertz CT molecular complexity index is 1250. The molecule has 5 heteroatoms. The van der Waals surface area contributed by atoms with Crippen LogP contribution >= 0.6 is 15.9 Å². The first-order chi connectivity index (χ1) is 16.9. The number of pyridine rings is 1. The number of rotatable bonds is 10. The Labute approximate surface area is 217 Å². The zero-order valence-electron chi connectivity index (χ0n) is 20.7. The summed E-state index contributed by atoms with van der Waals surface area (Å²) in [5.74, 6) is 0.558. The first-order valence-electron chi connectivity index (χ1n) is 12.1. The molecule has 0 aliphatic carbocycles. The lowest BCUT2D eigenvalue weighted by atomic mass is 9.72. The molecule has 0 radical (unpaired) electrons. The van der Waals surface area contributed by atoms with Gasteiger partial charge in [0.25, 0.3) is 0 Å². The normalized spacial score (nSPS) is 14.1. The van der Waals surface area contributed by atoms with E-state index in [-0.39, 0.29) is 5.92 Å². The van der Waals surface area contributed by atoms with Crippen LogP contribution in [-0.4, -0.2) is 48.3 Å². The summed E-state index contributed by atoms with van der Waals surface area (Å²) >= 11 is 3.61. The number of hydrogen-bond acceptors (Lipinski definition) is 4. The van der Waals surface area contributed by atoms with Crippen molar-refractivity contribution in [2.24, 2.45) is 0 Å². The Kier molecular flexibility index (Phi) is 8.22. The molecule has 2 unspecified atom stereocenters. The Morgan fingerprint density at radius 2 is 1.63 bits per heavy atom. The minimum absolute atomic E-state index is 0.245. The molecular weight excluding hydrogens is 498 g/mol. The standard InChI is InChI=1S/C30H34BrN3O/c1-32-29-26(21-24-20-25(31)14-15-27(24)33-29)28(23-12-8-5-9-13-23)30(35,18-19-34(2)3)17-16-22-10-6-4-7-11-22/h4-15,20-21,28,35H,16-19H2,1-3H3,(H,32,33). The number of nitrogens with one attached hydrogen (secondary N) is 1. The molecule has 2 atom stereocenters. The van der Waals surface area contributed by atoms with E-state index in [1.54, 1.807) is 0 Å². The van der Waals surface area contributed by atoms with Crippen molar-refractivity contribution in [2.75, 3.05) is 33.0 Å². The predicted molar refractivity (Wildman–Crippen MR) is 150 cm³/mol. The summed E-state index contributed by atoms with van der Waals surface area (Å²) in [6.45, 7) is 0.788. The molecule has 1 heterocycles. The van der Waals surface area contributed by atoms with Crippen LogP contribution in [-0.2, 0) is 6.42 Å². The number of aliphatic hydroxyl groups is 1. The second-order valence-electron chi connectivity index (χ2n) is 9.50. The van der Waals surface area contributed by atoms with E-state index in [0.29, 0.717) is 12.8 Å². The largest absolute Gasteiger partial charge is 0.389 e. The van der Waals surface area contributed by atoms with Gasteiger partial charge in [0, 0.05) is 34.9 Å². The zero-order valence-corrected chi connectivity index (χ0v) is 22.3. The molecule has 0 aliphatic heterocycles. The smallest absolute Gasteiger partial charge is 0.130 e. The van der Waals surface area contributed by atoms with Crippen molar-refractivity contribution < 1.29 is 5.11 Å². The fraction of sp³-hybridized carbons (Fsp3) is 0.300. The number of aryl methyl sites for hydroxylation is 1. The van der Waals surface area contributed by atoms with E-state index in [0.717, 1.165) is 45.3 Å². The quantitative estimate of drug-likeness (QED) is 0.245. The molecule has 0 amide bonds. The Balaban J connectivity index is 1.87. The van der Waals surface area contributed by atoms with Crippen LogP contribution in [0.2, 0.25) is 0 Å². The molecule has 0 saturated carbocycles. The third kappa shape index (κ3) is 6.10.